The summed E-state index contributed by atoms with van der Waals surface area (Å²) < 4.78 is 1.91. The first kappa shape index (κ1) is 16.8. The minimum atomic E-state index is 0.441. The van der Waals surface area contributed by atoms with Crippen LogP contribution in [-0.4, -0.2) is 34.3 Å². The van der Waals surface area contributed by atoms with Crippen molar-refractivity contribution in [1.82, 2.24) is 25.4 Å². The van der Waals surface area contributed by atoms with Gasteiger partial charge in [-0.1, -0.05) is 26.7 Å². The highest BCUT2D eigenvalue weighted by atomic mass is 15.3. The Morgan fingerprint density at radius 2 is 2.09 bits per heavy atom. The van der Waals surface area contributed by atoms with Crippen LogP contribution in [0.5, 0.6) is 0 Å². The number of aryl methyl sites for hydroxylation is 1. The molecule has 1 fully saturated rings. The van der Waals surface area contributed by atoms with Gasteiger partial charge in [0.1, 0.15) is 6.33 Å². The van der Waals surface area contributed by atoms with E-state index < -0.39 is 0 Å². The van der Waals surface area contributed by atoms with Gasteiger partial charge >= 0.3 is 0 Å². The van der Waals surface area contributed by atoms with Crippen molar-refractivity contribution >= 4 is 5.96 Å². The second-order valence-corrected chi connectivity index (χ2v) is 6.94. The lowest BCUT2D eigenvalue weighted by Gasteiger charge is -2.31. The van der Waals surface area contributed by atoms with Crippen LogP contribution in [0.3, 0.4) is 0 Å². The molecular formula is C16H30N6. The van der Waals surface area contributed by atoms with E-state index in [1.54, 1.807) is 6.33 Å². The van der Waals surface area contributed by atoms with E-state index in [9.17, 15) is 0 Å². The monoisotopic (exact) mass is 306 g/mol. The van der Waals surface area contributed by atoms with Gasteiger partial charge in [0.2, 0.25) is 0 Å². The number of hydrogen-bond acceptors (Lipinski definition) is 3. The van der Waals surface area contributed by atoms with Crippen LogP contribution < -0.4 is 10.6 Å². The Labute approximate surface area is 133 Å². The predicted molar refractivity (Wildman–Crippen MR) is 89.6 cm³/mol. The Morgan fingerprint density at radius 1 is 1.36 bits per heavy atom. The smallest absolute Gasteiger partial charge is 0.191 e. The first-order valence-corrected chi connectivity index (χ1v) is 8.32. The zero-order valence-corrected chi connectivity index (χ0v) is 14.4. The maximum Gasteiger partial charge on any atom is 0.191 e. The number of aromatic nitrogens is 3. The Bertz CT molecular complexity index is 485. The quantitative estimate of drug-likeness (QED) is 0.624. The van der Waals surface area contributed by atoms with Gasteiger partial charge in [-0.05, 0) is 30.6 Å². The lowest BCUT2D eigenvalue weighted by Crippen LogP contribution is -2.43. The molecule has 1 aromatic heterocycles. The van der Waals surface area contributed by atoms with Gasteiger partial charge in [0, 0.05) is 20.6 Å². The third-order valence-corrected chi connectivity index (χ3v) is 4.58. The molecule has 124 valence electrons. The number of nitrogens with zero attached hydrogens (tertiary/aromatic N) is 4. The fraction of sp³-hybridized carbons (Fsp3) is 0.812. The van der Waals surface area contributed by atoms with Crippen LogP contribution >= 0.6 is 0 Å². The molecule has 2 N–H and O–H groups in total. The lowest BCUT2D eigenvalue weighted by molar-refractivity contribution is 0.234. The van der Waals surface area contributed by atoms with E-state index in [1.165, 1.54) is 32.1 Å². The fourth-order valence-electron chi connectivity index (χ4n) is 3.57. The minimum Gasteiger partial charge on any atom is -0.356 e. The Balaban J connectivity index is 1.86. The Kier molecular flexibility index (Phi) is 5.80. The standard InChI is InChI=1S/C16H30N6/c1-13(2)9-16(7-5-6-8-16)11-19-15(17-3)18-10-14-21-20-12-22(14)4/h12-13H,5-11H2,1-4H3,(H2,17,18,19). The van der Waals surface area contributed by atoms with Gasteiger partial charge in [0.15, 0.2) is 11.8 Å². The molecule has 0 aliphatic heterocycles. The average molecular weight is 306 g/mol. The van der Waals surface area contributed by atoms with E-state index in [-0.39, 0.29) is 0 Å². The van der Waals surface area contributed by atoms with E-state index in [0.29, 0.717) is 12.0 Å². The third kappa shape index (κ3) is 4.45. The Morgan fingerprint density at radius 3 is 2.64 bits per heavy atom. The van der Waals surface area contributed by atoms with E-state index >= 15 is 0 Å². The zero-order chi connectivity index (χ0) is 16.0. The van der Waals surface area contributed by atoms with Crippen molar-refractivity contribution in [3.8, 4) is 0 Å². The molecule has 0 unspecified atom stereocenters. The molecule has 6 heteroatoms. The normalized spacial score (nSPS) is 18.0. The number of rotatable bonds is 6. The maximum atomic E-state index is 4.33. The molecule has 0 radical (unpaired) electrons. The molecule has 0 amide bonds. The molecular weight excluding hydrogens is 276 g/mol. The van der Waals surface area contributed by atoms with Gasteiger partial charge in [-0.2, -0.15) is 0 Å². The highest BCUT2D eigenvalue weighted by Gasteiger charge is 2.34. The summed E-state index contributed by atoms with van der Waals surface area (Å²) >= 11 is 0. The first-order chi connectivity index (χ1) is 10.5. The van der Waals surface area contributed by atoms with Gasteiger partial charge in [-0.3, -0.25) is 4.99 Å². The summed E-state index contributed by atoms with van der Waals surface area (Å²) in [6.07, 6.45) is 8.39. The lowest BCUT2D eigenvalue weighted by atomic mass is 9.78. The summed E-state index contributed by atoms with van der Waals surface area (Å²) in [6, 6.07) is 0. The highest BCUT2D eigenvalue weighted by Crippen LogP contribution is 2.42. The van der Waals surface area contributed by atoms with Crippen LogP contribution in [0.25, 0.3) is 0 Å². The van der Waals surface area contributed by atoms with Gasteiger partial charge in [0.05, 0.1) is 6.54 Å². The van der Waals surface area contributed by atoms with Gasteiger partial charge in [-0.25, -0.2) is 0 Å². The Hall–Kier alpha value is -1.59. The molecule has 0 bridgehead atoms. The molecule has 1 aliphatic rings. The van der Waals surface area contributed by atoms with Crippen molar-refractivity contribution in [2.75, 3.05) is 13.6 Å². The molecule has 0 saturated heterocycles. The van der Waals surface area contributed by atoms with E-state index in [2.05, 4.69) is 39.7 Å². The van der Waals surface area contributed by atoms with Crippen LogP contribution in [-0.2, 0) is 13.6 Å². The summed E-state index contributed by atoms with van der Waals surface area (Å²) in [4.78, 5) is 4.33. The molecule has 0 atom stereocenters. The van der Waals surface area contributed by atoms with Crippen molar-refractivity contribution in [2.24, 2.45) is 23.4 Å². The van der Waals surface area contributed by atoms with Crippen molar-refractivity contribution in [3.05, 3.63) is 12.2 Å². The molecule has 6 nitrogen and oxygen atoms in total. The molecule has 2 rings (SSSR count). The topological polar surface area (TPSA) is 67.1 Å². The fourth-order valence-corrected chi connectivity index (χ4v) is 3.57. The summed E-state index contributed by atoms with van der Waals surface area (Å²) in [6.45, 7) is 6.28. The van der Waals surface area contributed by atoms with Crippen molar-refractivity contribution in [3.63, 3.8) is 0 Å². The SMILES string of the molecule is CN=C(NCc1nncn1C)NCC1(CC(C)C)CCCC1. The van der Waals surface area contributed by atoms with Gasteiger partial charge in [-0.15, -0.1) is 10.2 Å². The largest absolute Gasteiger partial charge is 0.356 e. The number of hydrogen-bond donors (Lipinski definition) is 2. The van der Waals surface area contributed by atoms with Crippen LogP contribution in [0, 0.1) is 11.3 Å². The van der Waals surface area contributed by atoms with Crippen molar-refractivity contribution < 1.29 is 0 Å². The second-order valence-electron chi connectivity index (χ2n) is 6.94. The van der Waals surface area contributed by atoms with Crippen LogP contribution in [0.15, 0.2) is 11.3 Å². The maximum absolute atomic E-state index is 4.33. The predicted octanol–water partition coefficient (Wildman–Crippen LogP) is 2.09. The molecule has 22 heavy (non-hydrogen) atoms. The summed E-state index contributed by atoms with van der Waals surface area (Å²) in [5.41, 5.74) is 0.441. The minimum absolute atomic E-state index is 0.441. The summed E-state index contributed by atoms with van der Waals surface area (Å²) in [5, 5.41) is 14.8. The molecule has 0 aromatic carbocycles. The van der Waals surface area contributed by atoms with E-state index in [1.807, 2.05) is 18.7 Å². The molecule has 1 saturated carbocycles. The number of nitrogens with one attached hydrogen (secondary N) is 2. The van der Waals surface area contributed by atoms with E-state index in [4.69, 9.17) is 0 Å². The third-order valence-electron chi connectivity index (χ3n) is 4.58. The zero-order valence-electron chi connectivity index (χ0n) is 14.4. The number of guanidine groups is 1. The van der Waals surface area contributed by atoms with Gasteiger partial charge in [0.25, 0.3) is 0 Å². The summed E-state index contributed by atoms with van der Waals surface area (Å²) in [7, 11) is 3.76. The van der Waals surface area contributed by atoms with E-state index in [0.717, 1.165) is 24.2 Å². The van der Waals surface area contributed by atoms with Gasteiger partial charge < -0.3 is 15.2 Å². The molecule has 1 aromatic rings. The molecule has 1 heterocycles. The highest BCUT2D eigenvalue weighted by molar-refractivity contribution is 5.79. The van der Waals surface area contributed by atoms with Crippen LogP contribution in [0.4, 0.5) is 0 Å². The first-order valence-electron chi connectivity index (χ1n) is 8.32. The average Bonchev–Trinajstić information content (AvgIpc) is 3.08. The van der Waals surface area contributed by atoms with Crippen molar-refractivity contribution in [2.45, 2.75) is 52.5 Å². The van der Waals surface area contributed by atoms with Crippen molar-refractivity contribution in [1.29, 1.82) is 0 Å². The molecule has 1 aliphatic carbocycles. The second kappa shape index (κ2) is 7.61. The molecule has 0 spiro atoms. The summed E-state index contributed by atoms with van der Waals surface area (Å²) in [5.74, 6) is 2.49. The van der Waals surface area contributed by atoms with Crippen LogP contribution in [0.1, 0.15) is 51.8 Å². The number of aliphatic imine (C=N–C) groups is 1. The van der Waals surface area contributed by atoms with Crippen LogP contribution in [0.2, 0.25) is 0 Å².